The maximum atomic E-state index is 6.44. The number of rotatable bonds is 0. The molecule has 31 heavy (non-hydrogen) atoms. The van der Waals surface area contributed by atoms with E-state index in [0.29, 0.717) is 0 Å². The normalized spacial score (nSPS) is 13.3. The quantitative estimate of drug-likeness (QED) is 0.280. The lowest BCUT2D eigenvalue weighted by Crippen LogP contribution is -2.49. The monoisotopic (exact) mass is 398 g/mol. The molecule has 0 radical (unpaired) electrons. The van der Waals surface area contributed by atoms with Crippen molar-refractivity contribution in [3.63, 3.8) is 0 Å². The third-order valence-electron chi connectivity index (χ3n) is 6.58. The standard InChI is InChI=1S/C28H19BO2/c1-16-6-8-18-14-26-24(12-20(18)10-16)22-4-3-5-23-25-13-21-11-17(2)7-9-19(21)15-27(25)31-29(30-26)28(22)23/h3-15H,1-2H3. The van der Waals surface area contributed by atoms with Gasteiger partial charge in [-0.05, 0) is 70.8 Å². The third-order valence-corrected chi connectivity index (χ3v) is 6.58. The van der Waals surface area contributed by atoms with Crippen molar-refractivity contribution < 1.29 is 9.31 Å². The molecule has 0 bridgehead atoms. The smallest absolute Gasteiger partial charge is 0.521 e. The van der Waals surface area contributed by atoms with E-state index in [1.54, 1.807) is 0 Å². The Balaban J connectivity index is 1.50. The molecule has 0 unspecified atom stereocenters. The molecule has 0 aliphatic carbocycles. The highest BCUT2D eigenvalue weighted by Gasteiger charge is 2.41. The van der Waals surface area contributed by atoms with Crippen LogP contribution in [0.5, 0.6) is 11.5 Å². The Bertz CT molecular complexity index is 1450. The molecule has 0 aromatic heterocycles. The Kier molecular flexibility index (Phi) is 3.25. The summed E-state index contributed by atoms with van der Waals surface area (Å²) in [4.78, 5) is 0. The maximum absolute atomic E-state index is 6.44. The summed E-state index contributed by atoms with van der Waals surface area (Å²) in [5, 5.41) is 4.83. The first-order chi connectivity index (χ1) is 15.1. The Labute approximate surface area is 181 Å². The highest BCUT2D eigenvalue weighted by Crippen LogP contribution is 2.44. The van der Waals surface area contributed by atoms with Crippen LogP contribution in [-0.2, 0) is 0 Å². The molecule has 146 valence electrons. The van der Waals surface area contributed by atoms with Crippen LogP contribution in [0, 0.1) is 13.8 Å². The van der Waals surface area contributed by atoms with Gasteiger partial charge < -0.3 is 9.31 Å². The minimum absolute atomic E-state index is 0.433. The van der Waals surface area contributed by atoms with E-state index < -0.39 is 7.12 Å². The Morgan fingerprint density at radius 2 is 1.03 bits per heavy atom. The molecule has 0 amide bonds. The summed E-state index contributed by atoms with van der Waals surface area (Å²) in [5.74, 6) is 1.76. The van der Waals surface area contributed by atoms with Gasteiger partial charge in [-0.2, -0.15) is 0 Å². The van der Waals surface area contributed by atoms with Crippen LogP contribution in [0.2, 0.25) is 0 Å². The zero-order valence-electron chi connectivity index (χ0n) is 17.4. The van der Waals surface area contributed by atoms with Crippen molar-refractivity contribution in [3.05, 3.63) is 90.0 Å². The molecule has 0 saturated heterocycles. The fourth-order valence-electron chi connectivity index (χ4n) is 5.07. The van der Waals surface area contributed by atoms with Crippen molar-refractivity contribution in [1.82, 2.24) is 0 Å². The van der Waals surface area contributed by atoms with E-state index >= 15 is 0 Å². The van der Waals surface area contributed by atoms with Crippen molar-refractivity contribution in [2.45, 2.75) is 13.8 Å². The fourth-order valence-corrected chi connectivity index (χ4v) is 5.07. The number of benzene rings is 5. The van der Waals surface area contributed by atoms with Crippen molar-refractivity contribution in [2.24, 2.45) is 0 Å². The molecule has 5 aromatic rings. The summed E-state index contributed by atoms with van der Waals surface area (Å²) < 4.78 is 12.9. The molecule has 2 heterocycles. The Hall–Kier alpha value is -3.72. The molecule has 2 aliphatic rings. The van der Waals surface area contributed by atoms with Gasteiger partial charge in [0.1, 0.15) is 11.5 Å². The van der Waals surface area contributed by atoms with Crippen LogP contribution < -0.4 is 14.8 Å². The van der Waals surface area contributed by atoms with Gasteiger partial charge in [0.25, 0.3) is 0 Å². The third kappa shape index (κ3) is 2.40. The van der Waals surface area contributed by atoms with Crippen LogP contribution in [0.4, 0.5) is 0 Å². The Morgan fingerprint density at radius 3 is 1.55 bits per heavy atom. The second kappa shape index (κ2) is 5.92. The lowest BCUT2D eigenvalue weighted by molar-refractivity contribution is 0.436. The first kappa shape index (κ1) is 17.0. The molecule has 3 heteroatoms. The maximum Gasteiger partial charge on any atom is 0.633 e. The fraction of sp³-hybridized carbons (Fsp3) is 0.0714. The molecule has 0 atom stereocenters. The van der Waals surface area contributed by atoms with E-state index in [9.17, 15) is 0 Å². The largest absolute Gasteiger partial charge is 0.633 e. The second-order valence-electron chi connectivity index (χ2n) is 8.73. The minimum Gasteiger partial charge on any atom is -0.521 e. The van der Waals surface area contributed by atoms with Gasteiger partial charge in [-0.1, -0.05) is 65.7 Å². The molecular formula is C28H19BO2. The first-order valence-corrected chi connectivity index (χ1v) is 10.7. The number of aryl methyl sites for hydroxylation is 2. The van der Waals surface area contributed by atoms with E-state index in [-0.39, 0.29) is 0 Å². The topological polar surface area (TPSA) is 18.5 Å². The predicted molar refractivity (Wildman–Crippen MR) is 128 cm³/mol. The molecule has 2 nitrogen and oxygen atoms in total. The summed E-state index contributed by atoms with van der Waals surface area (Å²) in [7, 11) is -0.433. The van der Waals surface area contributed by atoms with Crippen LogP contribution in [0.1, 0.15) is 11.1 Å². The molecule has 0 fully saturated rings. The van der Waals surface area contributed by atoms with Crippen LogP contribution in [-0.4, -0.2) is 7.12 Å². The Morgan fingerprint density at radius 1 is 0.516 bits per heavy atom. The van der Waals surface area contributed by atoms with Crippen LogP contribution in [0.15, 0.2) is 78.9 Å². The van der Waals surface area contributed by atoms with Gasteiger partial charge in [0, 0.05) is 16.6 Å². The highest BCUT2D eigenvalue weighted by molar-refractivity contribution is 6.68. The minimum atomic E-state index is -0.433. The van der Waals surface area contributed by atoms with Gasteiger partial charge in [0.15, 0.2) is 0 Å². The summed E-state index contributed by atoms with van der Waals surface area (Å²) >= 11 is 0. The summed E-state index contributed by atoms with van der Waals surface area (Å²) in [6.45, 7) is 4.26. The molecule has 2 aliphatic heterocycles. The van der Waals surface area contributed by atoms with Crippen molar-refractivity contribution >= 4 is 34.1 Å². The van der Waals surface area contributed by atoms with Gasteiger partial charge in [-0.25, -0.2) is 0 Å². The summed E-state index contributed by atoms with van der Waals surface area (Å²) in [6, 6.07) is 28.4. The van der Waals surface area contributed by atoms with Crippen LogP contribution in [0.25, 0.3) is 43.8 Å². The van der Waals surface area contributed by atoms with Gasteiger partial charge in [-0.15, -0.1) is 0 Å². The molecule has 5 aromatic carbocycles. The molecule has 0 N–H and O–H groups in total. The average Bonchev–Trinajstić information content (AvgIpc) is 2.77. The van der Waals surface area contributed by atoms with Crippen molar-refractivity contribution in [2.75, 3.05) is 0 Å². The van der Waals surface area contributed by atoms with E-state index in [1.165, 1.54) is 43.8 Å². The average molecular weight is 398 g/mol. The van der Waals surface area contributed by atoms with Crippen molar-refractivity contribution in [1.29, 1.82) is 0 Å². The van der Waals surface area contributed by atoms with Crippen LogP contribution >= 0.6 is 0 Å². The zero-order chi connectivity index (χ0) is 20.7. The van der Waals surface area contributed by atoms with E-state index in [4.69, 9.17) is 9.31 Å². The molecule has 7 rings (SSSR count). The zero-order valence-corrected chi connectivity index (χ0v) is 17.4. The van der Waals surface area contributed by atoms with Gasteiger partial charge in [-0.3, -0.25) is 0 Å². The second-order valence-corrected chi connectivity index (χ2v) is 8.73. The van der Waals surface area contributed by atoms with Gasteiger partial charge in [0.05, 0.1) is 0 Å². The number of fused-ring (bicyclic) bond motifs is 6. The molecular weight excluding hydrogens is 379 g/mol. The van der Waals surface area contributed by atoms with E-state index in [0.717, 1.165) is 28.1 Å². The van der Waals surface area contributed by atoms with E-state index in [1.807, 2.05) is 0 Å². The summed E-state index contributed by atoms with van der Waals surface area (Å²) in [6.07, 6.45) is 0. The number of hydrogen-bond donors (Lipinski definition) is 0. The van der Waals surface area contributed by atoms with Gasteiger partial charge in [0.2, 0.25) is 0 Å². The van der Waals surface area contributed by atoms with Crippen molar-refractivity contribution in [3.8, 4) is 33.8 Å². The molecule has 0 spiro atoms. The van der Waals surface area contributed by atoms with Crippen LogP contribution in [0.3, 0.4) is 0 Å². The van der Waals surface area contributed by atoms with E-state index in [2.05, 4.69) is 92.7 Å². The van der Waals surface area contributed by atoms with Gasteiger partial charge >= 0.3 is 7.12 Å². The lowest BCUT2D eigenvalue weighted by atomic mass is 9.66. The highest BCUT2D eigenvalue weighted by atomic mass is 16.6. The summed E-state index contributed by atoms with van der Waals surface area (Å²) in [5.41, 5.74) is 8.31. The molecule has 0 saturated carbocycles. The first-order valence-electron chi connectivity index (χ1n) is 10.7. The SMILES string of the molecule is Cc1ccc2cc3c(cc2c1)-c1cccc2c1B(O3)Oc1cc3ccc(C)cc3cc1-2. The predicted octanol–water partition coefficient (Wildman–Crippen LogP) is 6.42. The number of hydrogen-bond acceptors (Lipinski definition) is 2. The lowest BCUT2D eigenvalue weighted by Gasteiger charge is -2.32.